The number of nitrogens with zero attached hydrogens (tertiary/aromatic N) is 1. The van der Waals surface area contributed by atoms with Crippen LogP contribution in [-0.4, -0.2) is 17.4 Å². The van der Waals surface area contributed by atoms with Gasteiger partial charge in [0.2, 0.25) is 0 Å². The molecule has 25 heavy (non-hydrogen) atoms. The zero-order chi connectivity index (χ0) is 18.0. The first-order valence-corrected chi connectivity index (χ1v) is 8.52. The number of hydrogen-bond donors (Lipinski definition) is 0. The van der Waals surface area contributed by atoms with E-state index in [0.717, 1.165) is 33.9 Å². The molecule has 0 fully saturated rings. The van der Waals surface area contributed by atoms with Gasteiger partial charge >= 0.3 is 12.1 Å². The van der Waals surface area contributed by atoms with E-state index in [0.29, 0.717) is 12.1 Å². The second-order valence-electron chi connectivity index (χ2n) is 5.59. The lowest BCUT2D eigenvalue weighted by Crippen LogP contribution is -2.13. The number of alkyl halides is 3. The van der Waals surface area contributed by atoms with E-state index >= 15 is 0 Å². The minimum absolute atomic E-state index is 0.186. The van der Waals surface area contributed by atoms with Gasteiger partial charge in [-0.3, -0.25) is 0 Å². The molecular weight excluding hydrogens is 351 g/mol. The molecule has 0 atom stereocenters. The topological polar surface area (TPSA) is 38.7 Å². The van der Waals surface area contributed by atoms with Gasteiger partial charge in [0.1, 0.15) is 0 Å². The van der Waals surface area contributed by atoms with Crippen LogP contribution >= 0.6 is 11.8 Å². The lowest BCUT2D eigenvalue weighted by atomic mass is 10.1. The number of fused-ring (bicyclic) bond motifs is 1. The van der Waals surface area contributed by atoms with Crippen LogP contribution in [0.2, 0.25) is 0 Å². The van der Waals surface area contributed by atoms with Crippen LogP contribution in [0.3, 0.4) is 0 Å². The Morgan fingerprint density at radius 1 is 1.20 bits per heavy atom. The van der Waals surface area contributed by atoms with Gasteiger partial charge in [0, 0.05) is 22.6 Å². The Bertz CT molecular complexity index is 846. The van der Waals surface area contributed by atoms with E-state index in [-0.39, 0.29) is 5.56 Å². The zero-order valence-electron chi connectivity index (χ0n) is 13.3. The van der Waals surface area contributed by atoms with Crippen molar-refractivity contribution in [1.82, 2.24) is 0 Å². The molecule has 2 aromatic carbocycles. The molecule has 0 radical (unpaired) electrons. The number of thioether (sulfide) groups is 1. The number of oxime groups is 1. The lowest BCUT2D eigenvalue weighted by Gasteiger charge is -2.17. The summed E-state index contributed by atoms with van der Waals surface area (Å²) in [6.45, 7) is 1.95. The molecule has 0 saturated carbocycles. The molecule has 1 heterocycles. The molecule has 0 aliphatic carbocycles. The highest BCUT2D eigenvalue weighted by atomic mass is 32.2. The second-order valence-corrected chi connectivity index (χ2v) is 6.73. The maximum Gasteiger partial charge on any atom is 0.416 e. The first-order chi connectivity index (χ1) is 11.8. The fourth-order valence-corrected chi connectivity index (χ4v) is 3.47. The molecular formula is C18H14F3NO2S. The van der Waals surface area contributed by atoms with Gasteiger partial charge in [-0.1, -0.05) is 22.9 Å². The van der Waals surface area contributed by atoms with Crippen molar-refractivity contribution in [2.24, 2.45) is 5.16 Å². The van der Waals surface area contributed by atoms with Crippen molar-refractivity contribution >= 4 is 23.4 Å². The lowest BCUT2D eigenvalue weighted by molar-refractivity contribution is -0.137. The fraction of sp³-hybridized carbons (Fsp3) is 0.222. The van der Waals surface area contributed by atoms with Crippen molar-refractivity contribution in [3.8, 4) is 0 Å². The molecule has 130 valence electrons. The molecule has 1 aliphatic rings. The summed E-state index contributed by atoms with van der Waals surface area (Å²) in [7, 11) is 0. The van der Waals surface area contributed by atoms with Crippen LogP contribution in [0.4, 0.5) is 13.2 Å². The summed E-state index contributed by atoms with van der Waals surface area (Å²) in [5.41, 5.74) is 1.49. The quantitative estimate of drug-likeness (QED) is 0.551. The number of halogens is 3. The minimum atomic E-state index is -4.51. The summed E-state index contributed by atoms with van der Waals surface area (Å²) < 4.78 is 38.2. The number of benzene rings is 2. The van der Waals surface area contributed by atoms with Gasteiger partial charge in [-0.2, -0.15) is 13.2 Å². The summed E-state index contributed by atoms with van der Waals surface area (Å²) in [6, 6.07) is 10.0. The van der Waals surface area contributed by atoms with Crippen LogP contribution in [-0.2, 0) is 11.0 Å². The molecule has 7 heteroatoms. The normalized spacial score (nSPS) is 15.8. The first kappa shape index (κ1) is 17.5. The Labute approximate surface area is 146 Å². The smallest absolute Gasteiger partial charge is 0.313 e. The summed E-state index contributed by atoms with van der Waals surface area (Å²) in [5, 5.41) is 3.91. The van der Waals surface area contributed by atoms with Crippen LogP contribution in [0.1, 0.15) is 33.5 Å². The number of carbonyl (C=O) groups is 1. The summed E-state index contributed by atoms with van der Waals surface area (Å²) in [6.07, 6.45) is -3.89. The van der Waals surface area contributed by atoms with Gasteiger partial charge in [-0.05, 0) is 37.3 Å². The van der Waals surface area contributed by atoms with E-state index < -0.39 is 17.7 Å². The molecule has 0 amide bonds. The molecule has 0 N–H and O–H groups in total. The van der Waals surface area contributed by atoms with Gasteiger partial charge in [-0.25, -0.2) is 4.79 Å². The van der Waals surface area contributed by atoms with Gasteiger partial charge in [-0.15, -0.1) is 11.8 Å². The summed E-state index contributed by atoms with van der Waals surface area (Å²) in [4.78, 5) is 18.0. The average Bonchev–Trinajstić information content (AvgIpc) is 2.59. The Balaban J connectivity index is 1.82. The minimum Gasteiger partial charge on any atom is -0.313 e. The monoisotopic (exact) mass is 365 g/mol. The molecule has 0 saturated heterocycles. The largest absolute Gasteiger partial charge is 0.416 e. The van der Waals surface area contributed by atoms with Gasteiger partial charge in [0.05, 0.1) is 16.8 Å². The number of hydrogen-bond acceptors (Lipinski definition) is 4. The van der Waals surface area contributed by atoms with Crippen molar-refractivity contribution in [2.75, 3.05) is 5.75 Å². The predicted molar refractivity (Wildman–Crippen MR) is 89.9 cm³/mol. The Morgan fingerprint density at radius 2 is 2.00 bits per heavy atom. The highest BCUT2D eigenvalue weighted by Crippen LogP contribution is 2.31. The highest BCUT2D eigenvalue weighted by Gasteiger charge is 2.31. The number of rotatable bonds is 2. The summed E-state index contributed by atoms with van der Waals surface area (Å²) in [5.74, 6) is -0.109. The van der Waals surface area contributed by atoms with Crippen molar-refractivity contribution in [3.63, 3.8) is 0 Å². The third kappa shape index (κ3) is 4.04. The SMILES string of the molecule is Cc1ccc2c(c1)/C(=N\OC(=O)c1cccc(C(F)(F)F)c1)CCS2. The van der Waals surface area contributed by atoms with Gasteiger partial charge in [0.25, 0.3) is 0 Å². The van der Waals surface area contributed by atoms with Gasteiger partial charge < -0.3 is 4.84 Å². The highest BCUT2D eigenvalue weighted by molar-refractivity contribution is 7.99. The predicted octanol–water partition coefficient (Wildman–Crippen LogP) is 5.07. The third-order valence-corrected chi connectivity index (χ3v) is 4.78. The molecule has 0 aromatic heterocycles. The van der Waals surface area contributed by atoms with E-state index in [4.69, 9.17) is 4.84 Å². The van der Waals surface area contributed by atoms with E-state index in [1.807, 2.05) is 25.1 Å². The van der Waals surface area contributed by atoms with Crippen LogP contribution in [0, 0.1) is 6.92 Å². The molecule has 1 aliphatic heterocycles. The van der Waals surface area contributed by atoms with Crippen molar-refractivity contribution in [2.45, 2.75) is 24.4 Å². The fourth-order valence-electron chi connectivity index (χ4n) is 2.45. The maximum atomic E-state index is 12.7. The molecule has 3 nitrogen and oxygen atoms in total. The van der Waals surface area contributed by atoms with E-state index in [1.54, 1.807) is 11.8 Å². The van der Waals surface area contributed by atoms with Crippen molar-refractivity contribution < 1.29 is 22.8 Å². The molecule has 0 spiro atoms. The van der Waals surface area contributed by atoms with Crippen LogP contribution in [0.25, 0.3) is 0 Å². The summed E-state index contributed by atoms with van der Waals surface area (Å²) >= 11 is 1.69. The standard InChI is InChI=1S/C18H14F3NO2S/c1-11-5-6-16-14(9-11)15(7-8-25-16)22-24-17(23)12-3-2-4-13(10-12)18(19,20)21/h2-6,9-10H,7-8H2,1H3/b22-15-. The molecule has 3 rings (SSSR count). The molecule has 2 aromatic rings. The van der Waals surface area contributed by atoms with Crippen LogP contribution in [0.5, 0.6) is 0 Å². The first-order valence-electron chi connectivity index (χ1n) is 7.54. The van der Waals surface area contributed by atoms with E-state index in [2.05, 4.69) is 5.16 Å². The van der Waals surface area contributed by atoms with Crippen molar-refractivity contribution in [1.29, 1.82) is 0 Å². The third-order valence-electron chi connectivity index (χ3n) is 3.71. The van der Waals surface area contributed by atoms with Gasteiger partial charge in [0.15, 0.2) is 0 Å². The average molecular weight is 365 g/mol. The van der Waals surface area contributed by atoms with Crippen molar-refractivity contribution in [3.05, 3.63) is 64.7 Å². The van der Waals surface area contributed by atoms with Crippen LogP contribution in [0.15, 0.2) is 52.5 Å². The molecule has 0 bridgehead atoms. The molecule has 0 unspecified atom stereocenters. The Hall–Kier alpha value is -2.28. The van der Waals surface area contributed by atoms with E-state index in [9.17, 15) is 18.0 Å². The Morgan fingerprint density at radius 3 is 2.76 bits per heavy atom. The van der Waals surface area contributed by atoms with Crippen LogP contribution < -0.4 is 0 Å². The second kappa shape index (κ2) is 6.92. The number of aryl methyl sites for hydroxylation is 1. The Kier molecular flexibility index (Phi) is 4.85. The zero-order valence-corrected chi connectivity index (χ0v) is 14.1. The maximum absolute atomic E-state index is 12.7. The number of carbonyl (C=O) groups excluding carboxylic acids is 1. The van der Waals surface area contributed by atoms with E-state index in [1.165, 1.54) is 12.1 Å².